The van der Waals surface area contributed by atoms with Gasteiger partial charge in [-0.05, 0) is 55.3 Å². The van der Waals surface area contributed by atoms with E-state index in [1.54, 1.807) is 4.90 Å². The molecule has 0 aliphatic carbocycles. The van der Waals surface area contributed by atoms with E-state index in [2.05, 4.69) is 10.2 Å². The van der Waals surface area contributed by atoms with Gasteiger partial charge in [0, 0.05) is 54.9 Å². The molecule has 31 heavy (non-hydrogen) atoms. The average molecular weight is 462 g/mol. The van der Waals surface area contributed by atoms with E-state index in [-0.39, 0.29) is 23.5 Å². The van der Waals surface area contributed by atoms with E-state index in [4.69, 9.17) is 11.6 Å². The lowest BCUT2D eigenvalue weighted by atomic mass is 9.95. The Morgan fingerprint density at radius 3 is 2.32 bits per heavy atom. The van der Waals surface area contributed by atoms with Gasteiger partial charge >= 0.3 is 0 Å². The van der Waals surface area contributed by atoms with Crippen molar-refractivity contribution in [1.29, 1.82) is 0 Å². The van der Waals surface area contributed by atoms with Crippen molar-refractivity contribution in [1.82, 2.24) is 4.90 Å². The molecule has 4 rings (SSSR count). The summed E-state index contributed by atoms with van der Waals surface area (Å²) in [5, 5.41) is 3.62. The number of hydrogen-bond acceptors (Lipinski definition) is 4. The number of nitrogens with zero attached hydrogens (tertiary/aromatic N) is 2. The molecule has 2 aromatic rings. The summed E-state index contributed by atoms with van der Waals surface area (Å²) in [4.78, 5) is 29.3. The molecule has 0 radical (unpaired) electrons. The first-order chi connectivity index (χ1) is 15.0. The summed E-state index contributed by atoms with van der Waals surface area (Å²) in [5.74, 6) is 1.49. The smallest absolute Gasteiger partial charge is 0.253 e. The van der Waals surface area contributed by atoms with Crippen LogP contribution in [0.4, 0.5) is 15.8 Å². The Bertz CT molecular complexity index is 942. The van der Waals surface area contributed by atoms with Crippen molar-refractivity contribution in [3.05, 3.63) is 58.9 Å². The number of nitrogens with one attached hydrogen (secondary N) is 1. The highest BCUT2D eigenvalue weighted by atomic mass is 35.5. The second kappa shape index (κ2) is 9.92. The van der Waals surface area contributed by atoms with Crippen molar-refractivity contribution in [2.75, 3.05) is 47.9 Å². The highest BCUT2D eigenvalue weighted by Crippen LogP contribution is 2.31. The molecule has 2 aliphatic heterocycles. The number of anilines is 2. The van der Waals surface area contributed by atoms with Crippen LogP contribution >= 0.6 is 23.4 Å². The minimum absolute atomic E-state index is 0.0490. The molecule has 0 saturated carbocycles. The minimum Gasteiger partial charge on any atom is -0.369 e. The largest absolute Gasteiger partial charge is 0.369 e. The van der Waals surface area contributed by atoms with Crippen molar-refractivity contribution in [3.8, 4) is 0 Å². The predicted molar refractivity (Wildman–Crippen MR) is 125 cm³/mol. The summed E-state index contributed by atoms with van der Waals surface area (Å²) in [5.41, 5.74) is 2.16. The lowest BCUT2D eigenvalue weighted by Gasteiger charge is -2.31. The molecule has 1 N–H and O–H groups in total. The monoisotopic (exact) mass is 461 g/mol. The first kappa shape index (κ1) is 22.0. The molecule has 2 amide bonds. The molecule has 164 valence electrons. The normalized spacial score (nSPS) is 17.5. The third-order valence-corrected chi connectivity index (χ3v) is 7.06. The Morgan fingerprint density at radius 2 is 1.68 bits per heavy atom. The van der Waals surface area contributed by atoms with E-state index in [1.807, 2.05) is 30.0 Å². The van der Waals surface area contributed by atoms with Gasteiger partial charge in [0.2, 0.25) is 5.91 Å². The molecule has 2 saturated heterocycles. The van der Waals surface area contributed by atoms with Crippen LogP contribution in [0.5, 0.6) is 0 Å². The topological polar surface area (TPSA) is 52.7 Å². The van der Waals surface area contributed by atoms with Gasteiger partial charge in [-0.1, -0.05) is 11.6 Å². The number of thioether (sulfide) groups is 1. The molecular weight excluding hydrogens is 437 g/mol. The number of carbonyl (C=O) groups excluding carboxylic acids is 2. The van der Waals surface area contributed by atoms with E-state index >= 15 is 0 Å². The quantitative estimate of drug-likeness (QED) is 0.727. The number of piperidine rings is 1. The molecule has 2 heterocycles. The van der Waals surface area contributed by atoms with Crippen LogP contribution in [0.1, 0.15) is 23.2 Å². The maximum Gasteiger partial charge on any atom is 0.253 e. The first-order valence-corrected chi connectivity index (χ1v) is 12.0. The van der Waals surface area contributed by atoms with Crippen LogP contribution in [0, 0.1) is 11.7 Å². The molecule has 2 aromatic carbocycles. The second-order valence-corrected chi connectivity index (χ2v) is 9.46. The fourth-order valence-corrected chi connectivity index (χ4v) is 5.21. The highest BCUT2D eigenvalue weighted by Gasteiger charge is 2.28. The maximum atomic E-state index is 13.1. The predicted octanol–water partition coefficient (Wildman–Crippen LogP) is 4.52. The van der Waals surface area contributed by atoms with Crippen LogP contribution in [-0.4, -0.2) is 54.4 Å². The van der Waals surface area contributed by atoms with Gasteiger partial charge in [-0.15, -0.1) is 0 Å². The number of rotatable bonds is 4. The Morgan fingerprint density at radius 1 is 1.00 bits per heavy atom. The van der Waals surface area contributed by atoms with Crippen LogP contribution in [0.15, 0.2) is 42.5 Å². The molecule has 2 aliphatic rings. The van der Waals surface area contributed by atoms with Gasteiger partial charge in [-0.3, -0.25) is 9.59 Å². The highest BCUT2D eigenvalue weighted by molar-refractivity contribution is 7.99. The average Bonchev–Trinajstić information content (AvgIpc) is 2.80. The fraction of sp³-hybridized carbons (Fsp3) is 0.391. The molecule has 0 aromatic heterocycles. The first-order valence-electron chi connectivity index (χ1n) is 10.5. The van der Waals surface area contributed by atoms with Crippen molar-refractivity contribution in [2.24, 2.45) is 5.92 Å². The van der Waals surface area contributed by atoms with Gasteiger partial charge in [0.05, 0.1) is 10.7 Å². The van der Waals surface area contributed by atoms with Crippen molar-refractivity contribution in [3.63, 3.8) is 0 Å². The molecule has 2 fully saturated rings. The van der Waals surface area contributed by atoms with E-state index in [0.29, 0.717) is 42.2 Å². The number of hydrogen-bond donors (Lipinski definition) is 1. The standard InChI is InChI=1S/C23H25ClFN3O2S/c24-20-15-19(5-6-21(20)27-11-13-31-14-12-27)26-22(29)16-7-9-28(10-8-16)23(30)17-1-3-18(25)4-2-17/h1-6,15-16H,7-14H2,(H,26,29). The van der Waals surface area contributed by atoms with Gasteiger partial charge in [0.15, 0.2) is 0 Å². The molecule has 0 unspecified atom stereocenters. The van der Waals surface area contributed by atoms with E-state index in [1.165, 1.54) is 24.3 Å². The van der Waals surface area contributed by atoms with E-state index < -0.39 is 0 Å². The lowest BCUT2D eigenvalue weighted by molar-refractivity contribution is -0.121. The Balaban J connectivity index is 1.31. The third kappa shape index (κ3) is 5.33. The van der Waals surface area contributed by atoms with Crippen molar-refractivity contribution in [2.45, 2.75) is 12.8 Å². The van der Waals surface area contributed by atoms with Gasteiger partial charge in [0.25, 0.3) is 5.91 Å². The van der Waals surface area contributed by atoms with Crippen LogP contribution in [-0.2, 0) is 4.79 Å². The third-order valence-electron chi connectivity index (χ3n) is 5.81. The Kier molecular flexibility index (Phi) is 7.02. The number of amides is 2. The summed E-state index contributed by atoms with van der Waals surface area (Å²) >= 11 is 8.43. The second-order valence-electron chi connectivity index (χ2n) is 7.83. The van der Waals surface area contributed by atoms with Gasteiger partial charge < -0.3 is 15.1 Å². The molecule has 5 nitrogen and oxygen atoms in total. The summed E-state index contributed by atoms with van der Waals surface area (Å²) in [7, 11) is 0. The zero-order valence-electron chi connectivity index (χ0n) is 17.2. The number of likely N-dealkylation sites (tertiary alicyclic amines) is 1. The zero-order valence-corrected chi connectivity index (χ0v) is 18.7. The molecular formula is C23H25ClFN3O2S. The minimum atomic E-state index is -0.366. The van der Waals surface area contributed by atoms with Gasteiger partial charge in [-0.2, -0.15) is 11.8 Å². The zero-order chi connectivity index (χ0) is 21.8. The van der Waals surface area contributed by atoms with Crippen LogP contribution in [0.2, 0.25) is 5.02 Å². The van der Waals surface area contributed by atoms with E-state index in [0.717, 1.165) is 30.3 Å². The fourth-order valence-electron chi connectivity index (χ4n) is 4.01. The molecule has 0 spiro atoms. The number of benzene rings is 2. The van der Waals surface area contributed by atoms with E-state index in [9.17, 15) is 14.0 Å². The molecule has 0 atom stereocenters. The summed E-state index contributed by atoms with van der Waals surface area (Å²) in [6, 6.07) is 11.2. The molecule has 8 heteroatoms. The van der Waals surface area contributed by atoms with Crippen molar-refractivity contribution < 1.29 is 14.0 Å². The SMILES string of the molecule is O=C(Nc1ccc(N2CCSCC2)c(Cl)c1)C1CCN(C(=O)c2ccc(F)cc2)CC1. The lowest BCUT2D eigenvalue weighted by Crippen LogP contribution is -2.41. The summed E-state index contributed by atoms with van der Waals surface area (Å²) in [6.07, 6.45) is 1.19. The van der Waals surface area contributed by atoms with Crippen molar-refractivity contribution >= 4 is 46.6 Å². The van der Waals surface area contributed by atoms with Gasteiger partial charge in [0.1, 0.15) is 5.82 Å². The summed E-state index contributed by atoms with van der Waals surface area (Å²) < 4.78 is 13.1. The Labute approximate surface area is 190 Å². The van der Waals surface area contributed by atoms with Gasteiger partial charge in [-0.25, -0.2) is 4.39 Å². The number of halogens is 2. The molecule has 0 bridgehead atoms. The summed E-state index contributed by atoms with van der Waals surface area (Å²) in [6.45, 7) is 2.96. The Hall–Kier alpha value is -2.25. The van der Waals surface area contributed by atoms with Crippen LogP contribution in [0.3, 0.4) is 0 Å². The number of carbonyl (C=O) groups is 2. The maximum absolute atomic E-state index is 13.1. The van der Waals surface area contributed by atoms with Crippen LogP contribution in [0.25, 0.3) is 0 Å². The van der Waals surface area contributed by atoms with Crippen LogP contribution < -0.4 is 10.2 Å².